The van der Waals surface area contributed by atoms with Crippen molar-refractivity contribution in [1.29, 1.82) is 5.26 Å². The molecule has 1 aromatic heterocycles. The molecule has 1 aliphatic heterocycles. The Morgan fingerprint density at radius 3 is 2.60 bits per heavy atom. The Kier molecular flexibility index (Phi) is 8.32. The zero-order chi connectivity index (χ0) is 24.8. The summed E-state index contributed by atoms with van der Waals surface area (Å²) < 4.78 is 16.4. The molecule has 35 heavy (non-hydrogen) atoms. The monoisotopic (exact) mass is 512 g/mol. The molecule has 9 heteroatoms. The summed E-state index contributed by atoms with van der Waals surface area (Å²) in [5, 5.41) is 14.5. The van der Waals surface area contributed by atoms with Gasteiger partial charge in [0.15, 0.2) is 0 Å². The second-order valence-electron chi connectivity index (χ2n) is 8.01. The molecular weight excluding hydrogens is 487 g/mol. The number of nitrogens with zero attached hydrogens (tertiary/aromatic N) is 3. The number of rotatable bonds is 8. The number of hydrogen-bond donors (Lipinski definition) is 1. The van der Waals surface area contributed by atoms with Gasteiger partial charge in [0.05, 0.1) is 59.9 Å². The molecule has 2 aromatic carbocycles. The summed E-state index contributed by atoms with van der Waals surface area (Å²) in [6, 6.07) is 9.33. The Labute approximate surface area is 214 Å². The van der Waals surface area contributed by atoms with Crippen molar-refractivity contribution >= 4 is 51.6 Å². The molecule has 0 aliphatic carbocycles. The molecule has 4 rings (SSSR count). The maximum absolute atomic E-state index is 9.74. The van der Waals surface area contributed by atoms with Gasteiger partial charge in [-0.3, -0.25) is 9.88 Å². The number of morpholine rings is 1. The Balaban J connectivity index is 1.66. The molecular formula is C26H26Cl2N4O3. The highest BCUT2D eigenvalue weighted by atomic mass is 35.5. The van der Waals surface area contributed by atoms with Crippen molar-refractivity contribution in [1.82, 2.24) is 9.88 Å². The summed E-state index contributed by atoms with van der Waals surface area (Å²) in [6.07, 6.45) is 6.66. The lowest BCUT2D eigenvalue weighted by atomic mass is 10.0. The number of fused-ring (bicyclic) bond motifs is 1. The van der Waals surface area contributed by atoms with E-state index in [4.69, 9.17) is 37.4 Å². The Hall–Kier alpha value is -3.02. The van der Waals surface area contributed by atoms with Crippen molar-refractivity contribution in [3.05, 3.63) is 57.7 Å². The topological polar surface area (TPSA) is 79.6 Å². The third-order valence-electron chi connectivity index (χ3n) is 5.85. The lowest BCUT2D eigenvalue weighted by molar-refractivity contribution is 0.0387. The fraction of sp³-hybridized carbons (Fsp3) is 0.308. The molecule has 0 saturated carbocycles. The van der Waals surface area contributed by atoms with Crippen LogP contribution < -0.4 is 14.8 Å². The maximum atomic E-state index is 9.74. The number of methoxy groups -OCH3 is 2. The third kappa shape index (κ3) is 5.80. The van der Waals surface area contributed by atoms with Gasteiger partial charge in [-0.15, -0.1) is 0 Å². The number of pyridine rings is 1. The molecule has 0 unspecified atom stereocenters. The van der Waals surface area contributed by atoms with Gasteiger partial charge in [-0.25, -0.2) is 0 Å². The van der Waals surface area contributed by atoms with Crippen molar-refractivity contribution in [3.63, 3.8) is 0 Å². The van der Waals surface area contributed by atoms with Gasteiger partial charge in [-0.1, -0.05) is 35.4 Å². The second-order valence-corrected chi connectivity index (χ2v) is 8.82. The first-order valence-electron chi connectivity index (χ1n) is 11.2. The van der Waals surface area contributed by atoms with Gasteiger partial charge >= 0.3 is 0 Å². The van der Waals surface area contributed by atoms with Crippen LogP contribution in [0.3, 0.4) is 0 Å². The van der Waals surface area contributed by atoms with Crippen molar-refractivity contribution < 1.29 is 14.2 Å². The van der Waals surface area contributed by atoms with Crippen LogP contribution in [0.15, 0.2) is 36.5 Å². The highest BCUT2D eigenvalue weighted by Gasteiger charge is 2.16. The number of nitrogens with one attached hydrogen (secondary N) is 1. The summed E-state index contributed by atoms with van der Waals surface area (Å²) in [6.45, 7) is 4.51. The van der Waals surface area contributed by atoms with Crippen molar-refractivity contribution in [3.8, 4) is 17.6 Å². The number of anilines is 2. The van der Waals surface area contributed by atoms with E-state index in [0.29, 0.717) is 38.5 Å². The standard InChI is InChI=1S/C26H26Cl2N4O3/c1-33-24-12-19-22(11-17(24)5-3-4-6-32-7-9-35-10-8-32)30-16-18(15-29)26(19)31-23-14-25(34-2)21(28)13-20(23)27/h3,5,11-14,16H,4,6-10H2,1-2H3,(H,30,31). The minimum atomic E-state index is 0.373. The molecule has 2 heterocycles. The van der Waals surface area contributed by atoms with E-state index in [1.54, 1.807) is 25.4 Å². The Morgan fingerprint density at radius 1 is 1.11 bits per heavy atom. The van der Waals surface area contributed by atoms with Gasteiger partial charge in [0, 0.05) is 42.8 Å². The number of benzene rings is 2. The van der Waals surface area contributed by atoms with E-state index >= 15 is 0 Å². The van der Waals surface area contributed by atoms with E-state index < -0.39 is 0 Å². The van der Waals surface area contributed by atoms with E-state index in [1.165, 1.54) is 7.11 Å². The Morgan fingerprint density at radius 2 is 1.89 bits per heavy atom. The molecule has 3 aromatic rings. The predicted molar refractivity (Wildman–Crippen MR) is 140 cm³/mol. The summed E-state index contributed by atoms with van der Waals surface area (Å²) in [4.78, 5) is 6.90. The van der Waals surface area contributed by atoms with Gasteiger partial charge in [0.25, 0.3) is 0 Å². The average molecular weight is 513 g/mol. The number of ether oxygens (including phenoxy) is 3. The predicted octanol–water partition coefficient (Wildman–Crippen LogP) is 5.91. The van der Waals surface area contributed by atoms with Crippen LogP contribution in [-0.2, 0) is 4.74 Å². The first-order chi connectivity index (χ1) is 17.0. The van der Waals surface area contributed by atoms with Crippen LogP contribution in [0, 0.1) is 11.3 Å². The highest BCUT2D eigenvalue weighted by molar-refractivity contribution is 6.37. The first-order valence-corrected chi connectivity index (χ1v) is 12.0. The smallest absolute Gasteiger partial charge is 0.139 e. The van der Waals surface area contributed by atoms with Crippen LogP contribution in [0.1, 0.15) is 17.5 Å². The minimum Gasteiger partial charge on any atom is -0.496 e. The number of hydrogen-bond acceptors (Lipinski definition) is 7. The molecule has 0 radical (unpaired) electrons. The van der Waals surface area contributed by atoms with Crippen molar-refractivity contribution in [2.24, 2.45) is 0 Å². The van der Waals surface area contributed by atoms with Crippen LogP contribution in [0.25, 0.3) is 17.0 Å². The van der Waals surface area contributed by atoms with Crippen LogP contribution in [0.5, 0.6) is 11.5 Å². The van der Waals surface area contributed by atoms with Crippen LogP contribution in [0.4, 0.5) is 11.4 Å². The molecule has 0 amide bonds. The highest BCUT2D eigenvalue weighted by Crippen LogP contribution is 2.39. The zero-order valence-corrected chi connectivity index (χ0v) is 21.1. The van der Waals surface area contributed by atoms with Crippen LogP contribution >= 0.6 is 23.2 Å². The number of nitriles is 1. The first kappa shape index (κ1) is 25.1. The molecule has 0 spiro atoms. The number of halogens is 2. The van der Waals surface area contributed by atoms with Gasteiger partial charge < -0.3 is 19.5 Å². The van der Waals surface area contributed by atoms with E-state index in [-0.39, 0.29) is 0 Å². The maximum Gasteiger partial charge on any atom is 0.139 e. The zero-order valence-electron chi connectivity index (χ0n) is 19.6. The van der Waals surface area contributed by atoms with Crippen molar-refractivity contribution in [2.45, 2.75) is 6.42 Å². The molecule has 7 nitrogen and oxygen atoms in total. The summed E-state index contributed by atoms with van der Waals surface area (Å²) in [7, 11) is 3.16. The lowest BCUT2D eigenvalue weighted by Crippen LogP contribution is -2.36. The van der Waals surface area contributed by atoms with Gasteiger partial charge in [0.1, 0.15) is 17.6 Å². The fourth-order valence-electron chi connectivity index (χ4n) is 3.97. The minimum absolute atomic E-state index is 0.373. The van der Waals surface area contributed by atoms with Gasteiger partial charge in [0.2, 0.25) is 0 Å². The van der Waals surface area contributed by atoms with E-state index in [1.807, 2.05) is 18.2 Å². The molecule has 0 atom stereocenters. The summed E-state index contributed by atoms with van der Waals surface area (Å²) in [5.74, 6) is 1.15. The molecule has 1 fully saturated rings. The SMILES string of the molecule is COc1cc(Nc2c(C#N)cnc3cc(C=CCCN4CCOCC4)c(OC)cc23)c(Cl)cc1Cl. The summed E-state index contributed by atoms with van der Waals surface area (Å²) >= 11 is 12.6. The molecule has 1 saturated heterocycles. The lowest BCUT2D eigenvalue weighted by Gasteiger charge is -2.25. The molecule has 1 aliphatic rings. The summed E-state index contributed by atoms with van der Waals surface area (Å²) in [5.41, 5.74) is 3.14. The van der Waals surface area contributed by atoms with Gasteiger partial charge in [-0.2, -0.15) is 5.26 Å². The quantitative estimate of drug-likeness (QED) is 0.401. The van der Waals surface area contributed by atoms with E-state index in [2.05, 4.69) is 27.3 Å². The average Bonchev–Trinajstić information content (AvgIpc) is 2.88. The fourth-order valence-corrected chi connectivity index (χ4v) is 4.48. The molecule has 1 N–H and O–H groups in total. The molecule has 0 bridgehead atoms. The molecule has 182 valence electrons. The van der Waals surface area contributed by atoms with Gasteiger partial charge in [-0.05, 0) is 24.6 Å². The van der Waals surface area contributed by atoms with Crippen LogP contribution in [0.2, 0.25) is 10.0 Å². The van der Waals surface area contributed by atoms with Crippen molar-refractivity contribution in [2.75, 3.05) is 52.4 Å². The van der Waals surface area contributed by atoms with Crippen LogP contribution in [-0.4, -0.2) is 57.0 Å². The Bertz CT molecular complexity index is 1280. The largest absolute Gasteiger partial charge is 0.496 e. The van der Waals surface area contributed by atoms with E-state index in [0.717, 1.165) is 55.7 Å². The second kappa shape index (κ2) is 11.6. The normalized spacial score (nSPS) is 14.3. The van der Waals surface area contributed by atoms with E-state index in [9.17, 15) is 5.26 Å². The number of aromatic nitrogens is 1. The third-order valence-corrected chi connectivity index (χ3v) is 6.46.